The third-order valence-electron chi connectivity index (χ3n) is 2.33. The second-order valence-electron chi connectivity index (χ2n) is 3.47. The number of hydrogen-bond acceptors (Lipinski definition) is 5. The Balaban J connectivity index is 2.73. The fourth-order valence-corrected chi connectivity index (χ4v) is 1.94. The third-order valence-corrected chi connectivity index (χ3v) is 3.14. The Labute approximate surface area is 114 Å². The highest BCUT2D eigenvalue weighted by Crippen LogP contribution is 2.41. The molecule has 94 valence electrons. The first-order chi connectivity index (χ1) is 8.54. The molecule has 2 rings (SSSR count). The number of nitrogens with zero attached hydrogens (tertiary/aromatic N) is 2. The lowest BCUT2D eigenvalue weighted by Crippen LogP contribution is -2.02. The molecule has 0 aliphatic heterocycles. The first-order valence-corrected chi connectivity index (χ1v) is 5.70. The average Bonchev–Trinajstić information content (AvgIpc) is 2.33. The van der Waals surface area contributed by atoms with Crippen molar-refractivity contribution in [3.63, 3.8) is 0 Å². The van der Waals surface area contributed by atoms with Crippen molar-refractivity contribution in [2.24, 2.45) is 0 Å². The van der Waals surface area contributed by atoms with Gasteiger partial charge in [-0.2, -0.15) is 0 Å². The number of nitrogen functional groups attached to an aromatic ring is 2. The van der Waals surface area contributed by atoms with E-state index in [0.717, 1.165) is 0 Å². The van der Waals surface area contributed by atoms with Crippen molar-refractivity contribution in [3.8, 4) is 17.0 Å². The Hall–Kier alpha value is -1.72. The van der Waals surface area contributed by atoms with Crippen molar-refractivity contribution in [3.05, 3.63) is 28.4 Å². The van der Waals surface area contributed by atoms with Crippen LogP contribution in [0.15, 0.2) is 18.3 Å². The van der Waals surface area contributed by atoms with Crippen molar-refractivity contribution in [2.75, 3.05) is 18.6 Å². The molecule has 0 aliphatic carbocycles. The molecular formula is C11H10Cl2N4O. The van der Waals surface area contributed by atoms with Crippen LogP contribution in [-0.2, 0) is 0 Å². The first kappa shape index (κ1) is 12.7. The Kier molecular flexibility index (Phi) is 3.45. The van der Waals surface area contributed by atoms with Crippen LogP contribution in [0.25, 0.3) is 11.3 Å². The zero-order valence-corrected chi connectivity index (χ0v) is 11.0. The zero-order valence-electron chi connectivity index (χ0n) is 9.45. The van der Waals surface area contributed by atoms with Crippen LogP contribution in [-0.4, -0.2) is 17.1 Å². The summed E-state index contributed by atoms with van der Waals surface area (Å²) in [6.45, 7) is 0. The molecule has 0 radical (unpaired) electrons. The van der Waals surface area contributed by atoms with E-state index >= 15 is 0 Å². The van der Waals surface area contributed by atoms with Crippen molar-refractivity contribution in [1.82, 2.24) is 9.97 Å². The molecular weight excluding hydrogens is 275 g/mol. The Morgan fingerprint density at radius 2 is 1.94 bits per heavy atom. The van der Waals surface area contributed by atoms with Gasteiger partial charge in [0.1, 0.15) is 17.3 Å². The minimum Gasteiger partial charge on any atom is -0.496 e. The van der Waals surface area contributed by atoms with E-state index in [9.17, 15) is 0 Å². The summed E-state index contributed by atoms with van der Waals surface area (Å²) < 4.78 is 5.22. The van der Waals surface area contributed by atoms with Gasteiger partial charge in [-0.25, -0.2) is 9.97 Å². The number of aromatic nitrogens is 2. The minimum absolute atomic E-state index is 0.164. The standard InChI is InChI=1S/C11H10Cl2N4O/c1-18-6-3-2-5(12)9(13)8(6)10-11(15)17-7(14)4-16-10/h2-4H,1H3,(H4,14,15,17). The molecule has 0 amide bonds. The molecule has 4 N–H and O–H groups in total. The lowest BCUT2D eigenvalue weighted by molar-refractivity contribution is 0.416. The Morgan fingerprint density at radius 3 is 2.56 bits per heavy atom. The van der Waals surface area contributed by atoms with Gasteiger partial charge in [-0.15, -0.1) is 0 Å². The van der Waals surface area contributed by atoms with E-state index in [1.807, 2.05) is 0 Å². The maximum atomic E-state index is 6.16. The molecule has 2 aromatic rings. The molecule has 0 spiro atoms. The van der Waals surface area contributed by atoms with E-state index in [0.29, 0.717) is 27.1 Å². The van der Waals surface area contributed by atoms with Gasteiger partial charge in [-0.1, -0.05) is 23.2 Å². The molecule has 0 fully saturated rings. The Morgan fingerprint density at radius 1 is 1.22 bits per heavy atom. The fourth-order valence-electron chi connectivity index (χ4n) is 1.53. The third kappa shape index (κ3) is 2.14. The van der Waals surface area contributed by atoms with E-state index in [1.165, 1.54) is 13.3 Å². The summed E-state index contributed by atoms with van der Waals surface area (Å²) in [6, 6.07) is 3.31. The van der Waals surface area contributed by atoms with Gasteiger partial charge in [-0.3, -0.25) is 0 Å². The van der Waals surface area contributed by atoms with Crippen molar-refractivity contribution >= 4 is 34.8 Å². The summed E-state index contributed by atoms with van der Waals surface area (Å²) >= 11 is 12.1. The SMILES string of the molecule is COc1ccc(Cl)c(Cl)c1-c1ncc(N)nc1N. The number of hydrogen-bond donors (Lipinski definition) is 2. The van der Waals surface area contributed by atoms with E-state index in [2.05, 4.69) is 9.97 Å². The van der Waals surface area contributed by atoms with Crippen LogP contribution >= 0.6 is 23.2 Å². The molecule has 0 saturated heterocycles. The van der Waals surface area contributed by atoms with E-state index in [1.54, 1.807) is 12.1 Å². The molecule has 1 heterocycles. The number of halogens is 2. The summed E-state index contributed by atoms with van der Waals surface area (Å²) in [7, 11) is 1.52. The molecule has 5 nitrogen and oxygen atoms in total. The molecule has 1 aromatic carbocycles. The highest BCUT2D eigenvalue weighted by Gasteiger charge is 2.18. The van der Waals surface area contributed by atoms with Gasteiger partial charge in [0.2, 0.25) is 0 Å². The molecule has 0 unspecified atom stereocenters. The van der Waals surface area contributed by atoms with Gasteiger partial charge in [-0.05, 0) is 12.1 Å². The highest BCUT2D eigenvalue weighted by atomic mass is 35.5. The summed E-state index contributed by atoms with van der Waals surface area (Å²) in [5, 5.41) is 0.687. The number of benzene rings is 1. The Bertz CT molecular complexity index is 604. The maximum absolute atomic E-state index is 6.16. The predicted molar refractivity (Wildman–Crippen MR) is 72.9 cm³/mol. The van der Waals surface area contributed by atoms with Gasteiger partial charge in [0.25, 0.3) is 0 Å². The smallest absolute Gasteiger partial charge is 0.152 e. The zero-order chi connectivity index (χ0) is 13.3. The van der Waals surface area contributed by atoms with Crippen molar-refractivity contribution in [2.45, 2.75) is 0 Å². The highest BCUT2D eigenvalue weighted by molar-refractivity contribution is 6.44. The van der Waals surface area contributed by atoms with Gasteiger partial charge < -0.3 is 16.2 Å². The van der Waals surface area contributed by atoms with Crippen LogP contribution < -0.4 is 16.2 Å². The van der Waals surface area contributed by atoms with Crippen LogP contribution in [0.2, 0.25) is 10.0 Å². The number of anilines is 2. The van der Waals surface area contributed by atoms with E-state index in [4.69, 9.17) is 39.4 Å². The van der Waals surface area contributed by atoms with E-state index in [-0.39, 0.29) is 11.6 Å². The number of methoxy groups -OCH3 is 1. The molecule has 1 aromatic heterocycles. The molecule has 18 heavy (non-hydrogen) atoms. The fraction of sp³-hybridized carbons (Fsp3) is 0.0909. The molecule has 7 heteroatoms. The predicted octanol–water partition coefficient (Wildman–Crippen LogP) is 2.62. The summed E-state index contributed by atoms with van der Waals surface area (Å²) in [6.07, 6.45) is 1.39. The van der Waals surface area contributed by atoms with Gasteiger partial charge in [0.05, 0.1) is 28.9 Å². The largest absolute Gasteiger partial charge is 0.496 e. The van der Waals surface area contributed by atoms with Crippen molar-refractivity contribution < 1.29 is 4.74 Å². The number of nitrogens with two attached hydrogens (primary N) is 2. The van der Waals surface area contributed by atoms with Crippen LogP contribution in [0.3, 0.4) is 0 Å². The average molecular weight is 285 g/mol. The summed E-state index contributed by atoms with van der Waals surface area (Å²) in [5.74, 6) is 0.904. The minimum atomic E-state index is 0.164. The first-order valence-electron chi connectivity index (χ1n) is 4.95. The monoisotopic (exact) mass is 284 g/mol. The van der Waals surface area contributed by atoms with Crippen LogP contribution in [0, 0.1) is 0 Å². The van der Waals surface area contributed by atoms with Crippen LogP contribution in [0.5, 0.6) is 5.75 Å². The van der Waals surface area contributed by atoms with Gasteiger partial charge in [0.15, 0.2) is 5.82 Å². The maximum Gasteiger partial charge on any atom is 0.152 e. The summed E-state index contributed by atoms with van der Waals surface area (Å²) in [5.41, 5.74) is 12.2. The lowest BCUT2D eigenvalue weighted by atomic mass is 10.1. The quantitative estimate of drug-likeness (QED) is 0.885. The van der Waals surface area contributed by atoms with Gasteiger partial charge >= 0.3 is 0 Å². The molecule has 0 atom stereocenters. The second kappa shape index (κ2) is 4.88. The van der Waals surface area contributed by atoms with Crippen LogP contribution in [0.1, 0.15) is 0 Å². The van der Waals surface area contributed by atoms with Crippen LogP contribution in [0.4, 0.5) is 11.6 Å². The molecule has 0 aliphatic rings. The number of rotatable bonds is 2. The summed E-state index contributed by atoms with van der Waals surface area (Å²) in [4.78, 5) is 8.05. The van der Waals surface area contributed by atoms with Crippen molar-refractivity contribution in [1.29, 1.82) is 0 Å². The molecule has 0 bridgehead atoms. The van der Waals surface area contributed by atoms with E-state index < -0.39 is 0 Å². The normalized spacial score (nSPS) is 10.4. The number of ether oxygens (including phenoxy) is 1. The lowest BCUT2D eigenvalue weighted by Gasteiger charge is -2.12. The van der Waals surface area contributed by atoms with Gasteiger partial charge in [0, 0.05) is 0 Å². The molecule has 0 saturated carbocycles. The second-order valence-corrected chi connectivity index (χ2v) is 4.25. The topological polar surface area (TPSA) is 87.0 Å².